The van der Waals surface area contributed by atoms with Crippen molar-refractivity contribution in [2.24, 2.45) is 0 Å². The number of methoxy groups -OCH3 is 2. The molecule has 0 amide bonds. The van der Waals surface area contributed by atoms with E-state index in [4.69, 9.17) is 20.3 Å². The fraction of sp³-hybridized carbons (Fsp3) is 0.300. The largest absolute Gasteiger partial charge is 0.495 e. The smallest absolute Gasteiger partial charge is 0.339 e. The molecule has 3 N–H and O–H groups in total. The zero-order valence-corrected chi connectivity index (χ0v) is 10.9. The van der Waals surface area contributed by atoms with Crippen molar-refractivity contribution in [1.82, 2.24) is 0 Å². The fourth-order valence-electron chi connectivity index (χ4n) is 1.56. The summed E-state index contributed by atoms with van der Waals surface area (Å²) >= 11 is 0. The molecule has 18 heavy (non-hydrogen) atoms. The summed E-state index contributed by atoms with van der Waals surface area (Å²) in [6.07, 6.45) is 0.946. The normalized spacial score (nSPS) is 11.1. The Morgan fingerprint density at radius 1 is 1.33 bits per heavy atom. The number of benzene rings is 1. The molecule has 1 aromatic carbocycles. The third-order valence-corrected chi connectivity index (χ3v) is 3.42. The van der Waals surface area contributed by atoms with Gasteiger partial charge in [-0.15, -0.1) is 0 Å². The van der Waals surface area contributed by atoms with Crippen molar-refractivity contribution in [2.45, 2.75) is 4.90 Å². The van der Waals surface area contributed by atoms with Crippen LogP contribution in [0.3, 0.4) is 0 Å². The molecule has 8 heteroatoms. The van der Waals surface area contributed by atoms with E-state index in [9.17, 15) is 13.2 Å². The Hall–Kier alpha value is -1.96. The van der Waals surface area contributed by atoms with Gasteiger partial charge in [0.05, 0.1) is 19.9 Å². The minimum absolute atomic E-state index is 0.131. The fourth-order valence-corrected chi connectivity index (χ4v) is 2.56. The van der Waals surface area contributed by atoms with Gasteiger partial charge in [0.25, 0.3) is 0 Å². The van der Waals surface area contributed by atoms with Gasteiger partial charge in [0, 0.05) is 6.26 Å². The zero-order chi connectivity index (χ0) is 14.1. The van der Waals surface area contributed by atoms with Gasteiger partial charge in [-0.3, -0.25) is 0 Å². The minimum atomic E-state index is -3.67. The molecule has 0 spiro atoms. The maximum atomic E-state index is 11.6. The molecule has 0 fully saturated rings. The monoisotopic (exact) mass is 275 g/mol. The number of anilines is 1. The molecule has 0 bridgehead atoms. The van der Waals surface area contributed by atoms with Crippen LogP contribution >= 0.6 is 0 Å². The summed E-state index contributed by atoms with van der Waals surface area (Å²) in [5.74, 6) is -1.63. The molecular weight excluding hydrogens is 262 g/mol. The third-order valence-electron chi connectivity index (χ3n) is 2.26. The first kappa shape index (κ1) is 14.1. The lowest BCUT2D eigenvalue weighted by Gasteiger charge is -2.15. The number of ether oxygens (including phenoxy) is 2. The van der Waals surface area contributed by atoms with Gasteiger partial charge in [0.15, 0.2) is 15.6 Å². The molecule has 100 valence electrons. The first-order valence-electron chi connectivity index (χ1n) is 4.71. The van der Waals surface area contributed by atoms with Gasteiger partial charge in [0.2, 0.25) is 0 Å². The highest BCUT2D eigenvalue weighted by molar-refractivity contribution is 7.91. The Bertz CT molecular complexity index is 593. The van der Waals surface area contributed by atoms with Crippen molar-refractivity contribution in [1.29, 1.82) is 0 Å². The number of sulfone groups is 1. The van der Waals surface area contributed by atoms with Crippen molar-refractivity contribution in [3.63, 3.8) is 0 Å². The van der Waals surface area contributed by atoms with Crippen LogP contribution in [0.25, 0.3) is 0 Å². The molecule has 1 rings (SSSR count). The van der Waals surface area contributed by atoms with Crippen molar-refractivity contribution in [3.05, 3.63) is 11.6 Å². The summed E-state index contributed by atoms with van der Waals surface area (Å²) in [6, 6.07) is 1.06. The Balaban J connectivity index is 3.81. The Labute approximate surface area is 104 Å². The molecule has 0 saturated carbocycles. The van der Waals surface area contributed by atoms with Gasteiger partial charge in [-0.1, -0.05) is 0 Å². The van der Waals surface area contributed by atoms with Gasteiger partial charge in [-0.2, -0.15) is 0 Å². The lowest BCUT2D eigenvalue weighted by atomic mass is 10.1. The second-order valence-corrected chi connectivity index (χ2v) is 5.43. The highest BCUT2D eigenvalue weighted by Crippen LogP contribution is 2.39. The van der Waals surface area contributed by atoms with Crippen LogP contribution < -0.4 is 15.2 Å². The highest BCUT2D eigenvalue weighted by Gasteiger charge is 2.26. The van der Waals surface area contributed by atoms with Crippen LogP contribution in [-0.2, 0) is 9.84 Å². The molecular formula is C10H13NO6S. The second kappa shape index (κ2) is 4.73. The van der Waals surface area contributed by atoms with Crippen LogP contribution in [0.2, 0.25) is 0 Å². The van der Waals surface area contributed by atoms with Crippen LogP contribution in [0.5, 0.6) is 11.5 Å². The van der Waals surface area contributed by atoms with Crippen LogP contribution in [-0.4, -0.2) is 40.0 Å². The molecule has 0 aliphatic rings. The number of aromatic carboxylic acids is 1. The quantitative estimate of drug-likeness (QED) is 0.763. The number of rotatable bonds is 4. The summed E-state index contributed by atoms with van der Waals surface area (Å²) in [7, 11) is -1.25. The molecule has 0 aromatic heterocycles. The zero-order valence-electron chi connectivity index (χ0n) is 10.1. The van der Waals surface area contributed by atoms with Crippen molar-refractivity contribution in [3.8, 4) is 11.5 Å². The van der Waals surface area contributed by atoms with E-state index >= 15 is 0 Å². The summed E-state index contributed by atoms with van der Waals surface area (Å²) in [4.78, 5) is 10.7. The third kappa shape index (κ3) is 2.33. The number of carboxylic acid groups (broad SMARTS) is 1. The molecule has 0 aliphatic heterocycles. The lowest BCUT2D eigenvalue weighted by molar-refractivity contribution is 0.0693. The van der Waals surface area contributed by atoms with Crippen LogP contribution in [0, 0.1) is 0 Å². The van der Waals surface area contributed by atoms with Crippen LogP contribution in [0.15, 0.2) is 11.0 Å². The van der Waals surface area contributed by atoms with Crippen molar-refractivity contribution >= 4 is 21.5 Å². The van der Waals surface area contributed by atoms with Gasteiger partial charge in [-0.05, 0) is 6.07 Å². The summed E-state index contributed by atoms with van der Waals surface area (Å²) in [6.45, 7) is 0. The number of carbonyl (C=O) groups is 1. The van der Waals surface area contributed by atoms with E-state index in [1.807, 2.05) is 0 Å². The molecule has 0 radical (unpaired) electrons. The van der Waals surface area contributed by atoms with E-state index in [1.54, 1.807) is 0 Å². The minimum Gasteiger partial charge on any atom is -0.495 e. The summed E-state index contributed by atoms with van der Waals surface area (Å²) in [5.41, 5.74) is 5.10. The van der Waals surface area contributed by atoms with Crippen LogP contribution in [0.4, 0.5) is 5.69 Å². The summed E-state index contributed by atoms with van der Waals surface area (Å²) < 4.78 is 33.0. The van der Waals surface area contributed by atoms with E-state index in [0.29, 0.717) is 0 Å². The molecule has 7 nitrogen and oxygen atoms in total. The number of hydrogen-bond donors (Lipinski definition) is 2. The molecule has 0 unspecified atom stereocenters. The standard InChI is InChI=1S/C10H13NO6S/c1-16-6-4-5(10(12)13)8(17-2)7(11)9(6)18(3,14)15/h4H,11H2,1-3H3,(H,12,13). The van der Waals surface area contributed by atoms with E-state index < -0.39 is 15.8 Å². The Kier molecular flexibility index (Phi) is 3.70. The maximum Gasteiger partial charge on any atom is 0.339 e. The number of nitrogen functional groups attached to an aromatic ring is 1. The molecule has 1 aromatic rings. The van der Waals surface area contributed by atoms with Gasteiger partial charge < -0.3 is 20.3 Å². The predicted molar refractivity (Wildman–Crippen MR) is 64.0 cm³/mol. The topological polar surface area (TPSA) is 116 Å². The number of nitrogens with two attached hydrogens (primary N) is 1. The first-order chi connectivity index (χ1) is 8.23. The maximum absolute atomic E-state index is 11.6. The van der Waals surface area contributed by atoms with E-state index in [0.717, 1.165) is 12.3 Å². The molecule has 0 aliphatic carbocycles. The lowest BCUT2D eigenvalue weighted by Crippen LogP contribution is -2.11. The molecule has 0 atom stereocenters. The van der Waals surface area contributed by atoms with E-state index in [1.165, 1.54) is 14.2 Å². The van der Waals surface area contributed by atoms with Crippen LogP contribution in [0.1, 0.15) is 10.4 Å². The first-order valence-corrected chi connectivity index (χ1v) is 6.61. The van der Waals surface area contributed by atoms with Crippen molar-refractivity contribution in [2.75, 3.05) is 26.2 Å². The number of carboxylic acids is 1. The Morgan fingerprint density at radius 3 is 2.22 bits per heavy atom. The molecule has 0 saturated heterocycles. The van der Waals surface area contributed by atoms with Gasteiger partial charge in [0.1, 0.15) is 16.2 Å². The van der Waals surface area contributed by atoms with E-state index in [-0.39, 0.29) is 27.6 Å². The van der Waals surface area contributed by atoms with E-state index in [2.05, 4.69) is 0 Å². The average molecular weight is 275 g/mol. The predicted octanol–water partition coefficient (Wildman–Crippen LogP) is 0.388. The van der Waals surface area contributed by atoms with Gasteiger partial charge in [-0.25, -0.2) is 13.2 Å². The summed E-state index contributed by atoms with van der Waals surface area (Å²) in [5, 5.41) is 8.99. The number of hydrogen-bond acceptors (Lipinski definition) is 6. The average Bonchev–Trinajstić information content (AvgIpc) is 2.25. The molecule has 0 heterocycles. The van der Waals surface area contributed by atoms with Crippen molar-refractivity contribution < 1.29 is 27.8 Å². The van der Waals surface area contributed by atoms with Gasteiger partial charge >= 0.3 is 5.97 Å². The Morgan fingerprint density at radius 2 is 1.89 bits per heavy atom. The highest BCUT2D eigenvalue weighted by atomic mass is 32.2. The SMILES string of the molecule is COc1cc(C(=O)O)c(OC)c(N)c1S(C)(=O)=O. The second-order valence-electron chi connectivity index (χ2n) is 3.48.